The molecule has 6 nitrogen and oxygen atoms in total. The van der Waals surface area contributed by atoms with E-state index in [0.29, 0.717) is 74.0 Å². The molecule has 9 aromatic carbocycles. The summed E-state index contributed by atoms with van der Waals surface area (Å²) in [6.45, 7) is 0. The first kappa shape index (κ1) is 43.5. The van der Waals surface area contributed by atoms with Gasteiger partial charge in [-0.25, -0.2) is 0 Å². The molecule has 0 saturated heterocycles. The van der Waals surface area contributed by atoms with Crippen LogP contribution < -0.4 is 0 Å². The first-order chi connectivity index (χ1) is 33.9. The van der Waals surface area contributed by atoms with E-state index in [4.69, 9.17) is 92.8 Å². The van der Waals surface area contributed by atoms with Crippen LogP contribution in [0.25, 0.3) is 110 Å². The maximum Gasteiger partial charge on any atom is 0.104 e. The summed E-state index contributed by atoms with van der Waals surface area (Å²) in [7, 11) is 0. The lowest BCUT2D eigenvalue weighted by Crippen LogP contribution is -2.17. The normalized spacial score (nSPS) is 12.0. The number of benzene rings is 9. The highest BCUT2D eigenvalue weighted by atomic mass is 35.5. The average molecular weight is 1060 g/mol. The van der Waals surface area contributed by atoms with Crippen molar-refractivity contribution in [2.75, 3.05) is 0 Å². The van der Waals surface area contributed by atoms with E-state index in [9.17, 15) is 10.5 Å². The van der Waals surface area contributed by atoms with Crippen molar-refractivity contribution in [3.05, 3.63) is 197 Å². The summed E-state index contributed by atoms with van der Waals surface area (Å²) in [6.07, 6.45) is 0. The predicted octanol–water partition coefficient (Wildman–Crippen LogP) is 19.0. The molecule has 0 radical (unpaired) electrons. The Hall–Kier alpha value is -6.52. The van der Waals surface area contributed by atoms with Gasteiger partial charge < -0.3 is 18.3 Å². The van der Waals surface area contributed by atoms with E-state index >= 15 is 0 Å². The van der Waals surface area contributed by atoms with Gasteiger partial charge in [-0.05, 0) is 146 Å². The fourth-order valence-corrected chi connectivity index (χ4v) is 12.0. The van der Waals surface area contributed by atoms with Crippen LogP contribution in [0.3, 0.4) is 0 Å². The Balaban J connectivity index is 1.40. The lowest BCUT2D eigenvalue weighted by Gasteiger charge is -2.27. The summed E-state index contributed by atoms with van der Waals surface area (Å²) < 4.78 is 8.23. The molecule has 0 fully saturated rings. The van der Waals surface area contributed by atoms with Gasteiger partial charge >= 0.3 is 0 Å². The van der Waals surface area contributed by atoms with Gasteiger partial charge in [0.15, 0.2) is 0 Å². The van der Waals surface area contributed by atoms with Crippen LogP contribution in [-0.2, 0) is 0 Å². The van der Waals surface area contributed by atoms with Crippen LogP contribution in [-0.4, -0.2) is 18.3 Å². The summed E-state index contributed by atoms with van der Waals surface area (Å²) in [5.74, 6) is 0. The standard InChI is InChI=1S/C56H24Cl8N6/c57-27-1-9-45-35(17-27)36-18-28(58)2-10-46(36)67(45)53-43(25-65)54(68-47-11-3-29(59)19-37(47)38-20-30(60)4-12-48(38)68)56(70-51-15-7-33(63)23-41(51)42-24-34(64)8-16-52(42)70)55(44(53)26-66)69-49-13-5-31(61)21-39(49)40-22-32(62)6-14-50(40)69/h1-24H. The quantitative estimate of drug-likeness (QED) is 0.176. The summed E-state index contributed by atoms with van der Waals surface area (Å²) in [4.78, 5) is 0. The zero-order valence-corrected chi connectivity index (χ0v) is 41.6. The van der Waals surface area contributed by atoms with E-state index in [1.807, 2.05) is 138 Å². The topological polar surface area (TPSA) is 67.3 Å². The predicted molar refractivity (Wildman–Crippen MR) is 293 cm³/mol. The number of rotatable bonds is 4. The van der Waals surface area contributed by atoms with Crippen molar-refractivity contribution >= 4 is 180 Å². The van der Waals surface area contributed by atoms with Gasteiger partial charge in [0.25, 0.3) is 0 Å². The van der Waals surface area contributed by atoms with Crippen LogP contribution in [0.2, 0.25) is 40.2 Å². The van der Waals surface area contributed by atoms with Gasteiger partial charge in [0.1, 0.15) is 23.3 Å². The highest BCUT2D eigenvalue weighted by Gasteiger charge is 2.35. The molecule has 13 aromatic rings. The maximum absolute atomic E-state index is 12.3. The highest BCUT2D eigenvalue weighted by Crippen LogP contribution is 2.50. The number of fused-ring (bicyclic) bond motifs is 12. The Labute approximate surface area is 437 Å². The van der Waals surface area contributed by atoms with Crippen molar-refractivity contribution < 1.29 is 0 Å². The number of hydrogen-bond acceptors (Lipinski definition) is 2. The van der Waals surface area contributed by atoms with Gasteiger partial charge in [-0.3, -0.25) is 0 Å². The second-order valence-corrected chi connectivity index (χ2v) is 20.5. The molecule has 0 aliphatic rings. The molecule has 0 aliphatic carbocycles. The largest absolute Gasteiger partial charge is 0.306 e. The third-order valence-corrected chi connectivity index (χ3v) is 15.2. The molecule has 4 aromatic heterocycles. The third kappa shape index (κ3) is 6.26. The SMILES string of the molecule is N#Cc1c(-n2c3ccc(Cl)cc3c3cc(Cl)ccc32)c(C#N)c(-n2c3ccc(Cl)cc3c3cc(Cl)ccc32)c(-n2c3ccc(Cl)cc3c3cc(Cl)ccc32)c1-n1c2ccc(Cl)cc2c2cc(Cl)ccc21. The van der Waals surface area contributed by atoms with Crippen LogP contribution in [0.15, 0.2) is 146 Å². The van der Waals surface area contributed by atoms with Crippen molar-refractivity contribution in [3.8, 4) is 34.9 Å². The Morgan fingerprint density at radius 1 is 0.243 bits per heavy atom. The second-order valence-electron chi connectivity index (χ2n) is 17.0. The monoisotopic (exact) mass is 1060 g/mol. The lowest BCUT2D eigenvalue weighted by molar-refractivity contribution is 1.02. The average Bonchev–Trinajstić information content (AvgIpc) is 4.03. The van der Waals surface area contributed by atoms with Crippen LogP contribution in [0, 0.1) is 22.7 Å². The summed E-state index contributed by atoms with van der Waals surface area (Å²) >= 11 is 54.5. The van der Waals surface area contributed by atoms with Crippen LogP contribution in [0.5, 0.6) is 0 Å². The molecule has 0 amide bonds. The summed E-state index contributed by atoms with van der Waals surface area (Å²) in [5, 5.41) is 34.9. The highest BCUT2D eigenvalue weighted by molar-refractivity contribution is 6.36. The molecule has 0 spiro atoms. The first-order valence-corrected chi connectivity index (χ1v) is 24.6. The van der Waals surface area contributed by atoms with Crippen molar-refractivity contribution in [2.24, 2.45) is 0 Å². The zero-order chi connectivity index (χ0) is 48.0. The second kappa shape index (κ2) is 16.0. The Morgan fingerprint density at radius 3 is 0.600 bits per heavy atom. The summed E-state index contributed by atoms with van der Waals surface area (Å²) in [6, 6.07) is 50.5. The number of nitrogens with zero attached hydrogens (tertiary/aromatic N) is 6. The van der Waals surface area contributed by atoms with Crippen molar-refractivity contribution in [1.29, 1.82) is 10.5 Å². The van der Waals surface area contributed by atoms with E-state index in [1.165, 1.54) is 0 Å². The molecule has 14 heteroatoms. The zero-order valence-electron chi connectivity index (χ0n) is 35.6. The minimum Gasteiger partial charge on any atom is -0.306 e. The number of halogens is 8. The minimum absolute atomic E-state index is 0.174. The third-order valence-electron chi connectivity index (χ3n) is 13.3. The minimum atomic E-state index is 0.174. The molecule has 334 valence electrons. The van der Waals surface area contributed by atoms with E-state index in [1.54, 1.807) is 12.1 Å². The smallest absolute Gasteiger partial charge is 0.104 e. The lowest BCUT2D eigenvalue weighted by atomic mass is 9.98. The van der Waals surface area contributed by atoms with E-state index in [2.05, 4.69) is 25.8 Å². The molecular weight excluding hydrogens is 1040 g/mol. The van der Waals surface area contributed by atoms with Gasteiger partial charge in [-0.1, -0.05) is 92.8 Å². The molecular formula is C56H24Cl8N6. The molecule has 0 saturated carbocycles. The number of aromatic nitrogens is 4. The molecule has 0 N–H and O–H groups in total. The molecule has 0 atom stereocenters. The summed E-state index contributed by atoms with van der Waals surface area (Å²) in [5.41, 5.74) is 7.71. The molecule has 70 heavy (non-hydrogen) atoms. The van der Waals surface area contributed by atoms with Crippen molar-refractivity contribution in [2.45, 2.75) is 0 Å². The Kier molecular flexibility index (Phi) is 9.94. The number of hydrogen-bond donors (Lipinski definition) is 0. The fourth-order valence-electron chi connectivity index (χ4n) is 10.6. The molecule has 4 heterocycles. The van der Waals surface area contributed by atoms with Crippen LogP contribution >= 0.6 is 92.8 Å². The van der Waals surface area contributed by atoms with Gasteiger partial charge in [-0.15, -0.1) is 0 Å². The fraction of sp³-hybridized carbons (Fsp3) is 0. The van der Waals surface area contributed by atoms with Crippen LogP contribution in [0.4, 0.5) is 0 Å². The van der Waals surface area contributed by atoms with Gasteiger partial charge in [0.2, 0.25) is 0 Å². The van der Waals surface area contributed by atoms with Crippen LogP contribution in [0.1, 0.15) is 11.1 Å². The first-order valence-electron chi connectivity index (χ1n) is 21.5. The van der Waals surface area contributed by atoms with E-state index in [-0.39, 0.29) is 11.1 Å². The van der Waals surface area contributed by atoms with Gasteiger partial charge in [0.05, 0.1) is 66.9 Å². The van der Waals surface area contributed by atoms with E-state index in [0.717, 1.165) is 76.2 Å². The Bertz CT molecular complexity index is 4220. The molecule has 13 rings (SSSR count). The molecule has 0 unspecified atom stereocenters. The van der Waals surface area contributed by atoms with Gasteiger partial charge in [0, 0.05) is 83.3 Å². The molecule has 0 bridgehead atoms. The number of nitriles is 2. The van der Waals surface area contributed by atoms with Gasteiger partial charge in [-0.2, -0.15) is 10.5 Å². The molecule has 0 aliphatic heterocycles. The van der Waals surface area contributed by atoms with Crippen molar-refractivity contribution in [1.82, 2.24) is 18.3 Å². The Morgan fingerprint density at radius 2 is 0.414 bits per heavy atom. The van der Waals surface area contributed by atoms with Crippen molar-refractivity contribution in [3.63, 3.8) is 0 Å². The van der Waals surface area contributed by atoms with E-state index < -0.39 is 0 Å². The maximum atomic E-state index is 12.3.